The Bertz CT molecular complexity index is 707. The molecule has 1 N–H and O–H groups in total. The van der Waals surface area contributed by atoms with Gasteiger partial charge in [0.15, 0.2) is 0 Å². The Labute approximate surface area is 143 Å². The number of hydrogen-bond acceptors (Lipinski definition) is 4. The van der Waals surface area contributed by atoms with Crippen molar-refractivity contribution < 1.29 is 13.2 Å². The van der Waals surface area contributed by atoms with Gasteiger partial charge in [-0.15, -0.1) is 0 Å². The van der Waals surface area contributed by atoms with Crippen LogP contribution in [0.4, 0.5) is 0 Å². The van der Waals surface area contributed by atoms with Gasteiger partial charge in [0.05, 0.1) is 0 Å². The van der Waals surface area contributed by atoms with Crippen LogP contribution in [0.2, 0.25) is 0 Å². The molecule has 2 fully saturated rings. The van der Waals surface area contributed by atoms with Crippen molar-refractivity contribution in [3.8, 4) is 0 Å². The van der Waals surface area contributed by atoms with Crippen molar-refractivity contribution in [2.24, 2.45) is 7.05 Å². The molecule has 8 heteroatoms. The maximum atomic E-state index is 12.8. The molecule has 0 aliphatic carbocycles. The summed E-state index contributed by atoms with van der Waals surface area (Å²) in [5.41, 5.74) is 0.430. The SMILES string of the molecule is CC1CN(C(=O)c2cc(S(=O)(=O)N3CCCCC3)cn2C)CCN1. The van der Waals surface area contributed by atoms with E-state index in [0.717, 1.165) is 25.8 Å². The van der Waals surface area contributed by atoms with Gasteiger partial charge in [0.2, 0.25) is 10.0 Å². The van der Waals surface area contributed by atoms with Crippen molar-refractivity contribution in [2.45, 2.75) is 37.1 Å². The third kappa shape index (κ3) is 3.36. The summed E-state index contributed by atoms with van der Waals surface area (Å²) < 4.78 is 28.7. The van der Waals surface area contributed by atoms with Gasteiger partial charge in [0, 0.05) is 52.0 Å². The minimum absolute atomic E-state index is 0.106. The van der Waals surface area contributed by atoms with Crippen molar-refractivity contribution in [1.82, 2.24) is 19.1 Å². The third-order valence-electron chi connectivity index (χ3n) is 4.81. The molecule has 0 aromatic carbocycles. The Balaban J connectivity index is 1.83. The summed E-state index contributed by atoms with van der Waals surface area (Å²) in [5, 5.41) is 3.30. The summed E-state index contributed by atoms with van der Waals surface area (Å²) in [6.07, 6.45) is 4.43. The lowest BCUT2D eigenvalue weighted by atomic mass is 10.2. The molecular formula is C16H26N4O3S. The van der Waals surface area contributed by atoms with Gasteiger partial charge in [0.25, 0.3) is 5.91 Å². The fourth-order valence-electron chi connectivity index (χ4n) is 3.42. The number of nitrogens with one attached hydrogen (secondary N) is 1. The zero-order valence-corrected chi connectivity index (χ0v) is 15.2. The van der Waals surface area contributed by atoms with Crippen molar-refractivity contribution >= 4 is 15.9 Å². The second-order valence-electron chi connectivity index (χ2n) is 6.74. The first-order chi connectivity index (χ1) is 11.4. The monoisotopic (exact) mass is 354 g/mol. The number of hydrogen-bond donors (Lipinski definition) is 1. The zero-order chi connectivity index (χ0) is 17.3. The van der Waals surface area contributed by atoms with Crippen LogP contribution in [0, 0.1) is 0 Å². The molecular weight excluding hydrogens is 328 g/mol. The number of nitrogens with zero attached hydrogens (tertiary/aromatic N) is 3. The van der Waals surface area contributed by atoms with Crippen LogP contribution >= 0.6 is 0 Å². The number of amides is 1. The fourth-order valence-corrected chi connectivity index (χ4v) is 5.01. The minimum Gasteiger partial charge on any atom is -0.345 e. The first-order valence-electron chi connectivity index (χ1n) is 8.59. The highest BCUT2D eigenvalue weighted by molar-refractivity contribution is 7.89. The summed E-state index contributed by atoms with van der Waals surface area (Å²) in [6.45, 7) is 5.21. The molecule has 0 spiro atoms. The number of piperidine rings is 1. The molecule has 2 aliphatic rings. The molecule has 134 valence electrons. The molecule has 3 heterocycles. The van der Waals surface area contributed by atoms with Crippen LogP contribution in [0.25, 0.3) is 0 Å². The van der Waals surface area contributed by atoms with Gasteiger partial charge in [-0.1, -0.05) is 6.42 Å². The Morgan fingerprint density at radius 2 is 1.92 bits per heavy atom. The van der Waals surface area contributed by atoms with E-state index in [1.165, 1.54) is 10.4 Å². The average molecular weight is 354 g/mol. The molecule has 7 nitrogen and oxygen atoms in total. The predicted molar refractivity (Wildman–Crippen MR) is 91.4 cm³/mol. The molecule has 2 aliphatic heterocycles. The number of aromatic nitrogens is 1. The molecule has 0 saturated carbocycles. The number of piperazine rings is 1. The lowest BCUT2D eigenvalue weighted by Crippen LogP contribution is -2.51. The predicted octanol–water partition coefficient (Wildman–Crippen LogP) is 0.634. The normalized spacial score (nSPS) is 23.4. The van der Waals surface area contributed by atoms with Crippen LogP contribution in [-0.2, 0) is 17.1 Å². The third-order valence-corrected chi connectivity index (χ3v) is 6.67. The van der Waals surface area contributed by atoms with Crippen LogP contribution < -0.4 is 5.32 Å². The quantitative estimate of drug-likeness (QED) is 0.864. The summed E-state index contributed by atoms with van der Waals surface area (Å²) in [5.74, 6) is -0.106. The summed E-state index contributed by atoms with van der Waals surface area (Å²) in [4.78, 5) is 14.8. The first kappa shape index (κ1) is 17.4. The van der Waals surface area contributed by atoms with E-state index < -0.39 is 10.0 Å². The molecule has 0 radical (unpaired) electrons. The zero-order valence-electron chi connectivity index (χ0n) is 14.4. The van der Waals surface area contributed by atoms with E-state index in [1.54, 1.807) is 22.7 Å². The van der Waals surface area contributed by atoms with Gasteiger partial charge < -0.3 is 14.8 Å². The second kappa shape index (κ2) is 6.85. The number of sulfonamides is 1. The van der Waals surface area contributed by atoms with Crippen LogP contribution in [0.15, 0.2) is 17.2 Å². The topological polar surface area (TPSA) is 74.7 Å². The smallest absolute Gasteiger partial charge is 0.270 e. The Kier molecular flexibility index (Phi) is 4.98. The standard InChI is InChI=1S/C16H26N4O3S/c1-13-11-19(9-6-17-13)16(21)15-10-14(12-18(15)2)24(22,23)20-7-4-3-5-8-20/h10,12-13,17H,3-9,11H2,1-2H3. The van der Waals surface area contributed by atoms with Gasteiger partial charge in [-0.3, -0.25) is 4.79 Å². The molecule has 1 atom stereocenters. The van der Waals surface area contributed by atoms with Gasteiger partial charge in [-0.05, 0) is 25.8 Å². The summed E-state index contributed by atoms with van der Waals surface area (Å²) in [7, 11) is -1.78. The molecule has 1 aromatic rings. The molecule has 1 amide bonds. The van der Waals surface area contributed by atoms with Crippen molar-refractivity contribution in [3.05, 3.63) is 18.0 Å². The van der Waals surface area contributed by atoms with Crippen LogP contribution in [0.1, 0.15) is 36.7 Å². The largest absolute Gasteiger partial charge is 0.345 e. The first-order valence-corrected chi connectivity index (χ1v) is 10.0. The van der Waals surface area contributed by atoms with E-state index in [0.29, 0.717) is 31.9 Å². The molecule has 0 bridgehead atoms. The highest BCUT2D eigenvalue weighted by Crippen LogP contribution is 2.23. The Hall–Kier alpha value is -1.38. The van der Waals surface area contributed by atoms with Crippen molar-refractivity contribution in [1.29, 1.82) is 0 Å². The van der Waals surface area contributed by atoms with E-state index in [-0.39, 0.29) is 16.8 Å². The maximum absolute atomic E-state index is 12.8. The molecule has 1 aromatic heterocycles. The highest BCUT2D eigenvalue weighted by Gasteiger charge is 2.30. The van der Waals surface area contributed by atoms with Crippen molar-refractivity contribution in [3.63, 3.8) is 0 Å². The van der Waals surface area contributed by atoms with E-state index in [2.05, 4.69) is 5.32 Å². The number of rotatable bonds is 3. The van der Waals surface area contributed by atoms with E-state index in [9.17, 15) is 13.2 Å². The maximum Gasteiger partial charge on any atom is 0.270 e. The van der Waals surface area contributed by atoms with Gasteiger partial charge >= 0.3 is 0 Å². The van der Waals surface area contributed by atoms with Gasteiger partial charge in [0.1, 0.15) is 10.6 Å². The summed E-state index contributed by atoms with van der Waals surface area (Å²) in [6, 6.07) is 1.78. The molecule has 1 unspecified atom stereocenters. The molecule has 24 heavy (non-hydrogen) atoms. The average Bonchev–Trinajstić information content (AvgIpc) is 2.97. The Morgan fingerprint density at radius 3 is 2.58 bits per heavy atom. The minimum atomic E-state index is -3.51. The van der Waals surface area contributed by atoms with Gasteiger partial charge in [-0.2, -0.15) is 4.31 Å². The molecule has 2 saturated heterocycles. The van der Waals surface area contributed by atoms with Crippen LogP contribution in [0.5, 0.6) is 0 Å². The molecule has 3 rings (SSSR count). The van der Waals surface area contributed by atoms with Crippen LogP contribution in [0.3, 0.4) is 0 Å². The fraction of sp³-hybridized carbons (Fsp3) is 0.688. The number of carbonyl (C=O) groups is 1. The highest BCUT2D eigenvalue weighted by atomic mass is 32.2. The van der Waals surface area contributed by atoms with E-state index >= 15 is 0 Å². The Morgan fingerprint density at radius 1 is 1.21 bits per heavy atom. The lowest BCUT2D eigenvalue weighted by Gasteiger charge is -2.31. The van der Waals surface area contributed by atoms with Crippen molar-refractivity contribution in [2.75, 3.05) is 32.7 Å². The summed E-state index contributed by atoms with van der Waals surface area (Å²) >= 11 is 0. The second-order valence-corrected chi connectivity index (χ2v) is 8.68. The number of carbonyl (C=O) groups excluding carboxylic acids is 1. The van der Waals surface area contributed by atoms with E-state index in [4.69, 9.17) is 0 Å². The van der Waals surface area contributed by atoms with Crippen LogP contribution in [-0.4, -0.2) is 66.9 Å². The van der Waals surface area contributed by atoms with E-state index in [1.807, 2.05) is 6.92 Å². The lowest BCUT2D eigenvalue weighted by molar-refractivity contribution is 0.0699. The number of aryl methyl sites for hydroxylation is 1. The van der Waals surface area contributed by atoms with Gasteiger partial charge in [-0.25, -0.2) is 8.42 Å².